The summed E-state index contributed by atoms with van der Waals surface area (Å²) in [6.07, 6.45) is 8.24. The number of nitrogens with zero attached hydrogens (tertiary/aromatic N) is 5. The van der Waals surface area contributed by atoms with Crippen molar-refractivity contribution < 1.29 is 14.3 Å². The minimum atomic E-state index is -0.256. The Hall–Kier alpha value is -3.91. The predicted octanol–water partition coefficient (Wildman–Crippen LogP) is 4.23. The topological polar surface area (TPSA) is 88.5 Å². The maximum absolute atomic E-state index is 13.1. The highest BCUT2D eigenvalue weighted by Crippen LogP contribution is 2.38. The summed E-state index contributed by atoms with van der Waals surface area (Å²) in [7, 11) is 2.10. The molecule has 1 unspecified atom stereocenters. The Kier molecular flexibility index (Phi) is 7.43. The number of benzene rings is 1. The molecule has 1 amide bonds. The van der Waals surface area contributed by atoms with E-state index in [0.29, 0.717) is 37.5 Å². The molecule has 3 aromatic rings. The molecule has 3 aliphatic rings. The first-order valence-electron chi connectivity index (χ1n) is 14.5. The smallest absolute Gasteiger partial charge is 0.250 e. The maximum atomic E-state index is 13.1. The van der Waals surface area contributed by atoms with Gasteiger partial charge in [-0.2, -0.15) is 0 Å². The number of likely N-dealkylation sites (N-methyl/N-ethyl adjacent to an activating group) is 1. The number of hydrogen-bond acceptors (Lipinski definition) is 7. The molecule has 1 aliphatic heterocycles. The number of hydrogen-bond donors (Lipinski definition) is 0. The van der Waals surface area contributed by atoms with Crippen LogP contribution in [0, 0.1) is 11.3 Å². The quantitative estimate of drug-likeness (QED) is 0.434. The van der Waals surface area contributed by atoms with Gasteiger partial charge in [0.2, 0.25) is 5.91 Å². The van der Waals surface area contributed by atoms with Crippen LogP contribution in [-0.2, 0) is 22.4 Å². The number of pyridine rings is 1. The Bertz CT molecular complexity index is 1510. The van der Waals surface area contributed by atoms with Crippen molar-refractivity contribution in [2.24, 2.45) is 11.3 Å². The predicted molar refractivity (Wildman–Crippen MR) is 157 cm³/mol. The summed E-state index contributed by atoms with van der Waals surface area (Å²) in [4.78, 5) is 43.3. The molecular weight excluding hydrogens is 514 g/mol. The van der Waals surface area contributed by atoms with Gasteiger partial charge in [0.1, 0.15) is 17.4 Å². The first-order valence-corrected chi connectivity index (χ1v) is 14.5. The van der Waals surface area contributed by atoms with Crippen LogP contribution in [0.1, 0.15) is 49.2 Å². The Labute approximate surface area is 241 Å². The second-order valence-corrected chi connectivity index (χ2v) is 12.3. The fourth-order valence-corrected chi connectivity index (χ4v) is 6.07. The van der Waals surface area contributed by atoms with Gasteiger partial charge in [0.15, 0.2) is 0 Å². The molecule has 0 N–H and O–H groups in total. The van der Waals surface area contributed by atoms with Crippen LogP contribution in [0.25, 0.3) is 17.5 Å². The number of carbonyl (C=O) groups excluding carboxylic acids is 2. The zero-order valence-corrected chi connectivity index (χ0v) is 24.1. The van der Waals surface area contributed by atoms with Crippen molar-refractivity contribution in [3.63, 3.8) is 0 Å². The summed E-state index contributed by atoms with van der Waals surface area (Å²) in [5.41, 5.74) is 5.47. The van der Waals surface area contributed by atoms with Crippen molar-refractivity contribution in [3.05, 3.63) is 76.9 Å². The molecule has 8 heteroatoms. The zero-order chi connectivity index (χ0) is 28.6. The monoisotopic (exact) mass is 551 g/mol. The van der Waals surface area contributed by atoms with E-state index in [1.165, 1.54) is 5.56 Å². The van der Waals surface area contributed by atoms with Gasteiger partial charge in [0, 0.05) is 80.8 Å². The van der Waals surface area contributed by atoms with Gasteiger partial charge in [-0.3, -0.25) is 14.6 Å². The minimum absolute atomic E-state index is 0.158. The van der Waals surface area contributed by atoms with Gasteiger partial charge in [0.05, 0.1) is 18.0 Å². The lowest BCUT2D eigenvalue weighted by Crippen LogP contribution is -2.47. The van der Waals surface area contributed by atoms with Crippen molar-refractivity contribution in [2.45, 2.75) is 39.5 Å². The van der Waals surface area contributed by atoms with E-state index >= 15 is 0 Å². The average Bonchev–Trinajstić information content (AvgIpc) is 3.51. The minimum Gasteiger partial charge on any atom is -0.493 e. The Morgan fingerprint density at radius 1 is 1.02 bits per heavy atom. The zero-order valence-electron chi connectivity index (χ0n) is 24.1. The normalized spacial score (nSPS) is 20.2. The van der Waals surface area contributed by atoms with Crippen LogP contribution < -0.4 is 4.74 Å². The van der Waals surface area contributed by atoms with Gasteiger partial charge in [-0.1, -0.05) is 32.0 Å². The summed E-state index contributed by atoms with van der Waals surface area (Å²) in [6.45, 7) is 7.95. The van der Waals surface area contributed by atoms with Crippen molar-refractivity contribution in [1.29, 1.82) is 0 Å². The molecule has 6 rings (SSSR count). The molecule has 0 radical (unpaired) electrons. The molecule has 1 aromatic carbocycles. The highest BCUT2D eigenvalue weighted by molar-refractivity contribution is 6.00. The molecule has 3 heterocycles. The molecule has 1 atom stereocenters. The summed E-state index contributed by atoms with van der Waals surface area (Å²) in [5.74, 6) is 2.14. The van der Waals surface area contributed by atoms with Crippen LogP contribution in [0.5, 0.6) is 5.75 Å². The first kappa shape index (κ1) is 27.3. The summed E-state index contributed by atoms with van der Waals surface area (Å²) in [5, 5.41) is 0. The first-order chi connectivity index (χ1) is 19.7. The SMILES string of the molecule is CN1CCN(C(=O)C2=Cc3cc(Cc4nccc(-c5cc(OCC6CC(=O)C(C)(C)C6)ccn5)n4)ccc3C2)CC1. The van der Waals surface area contributed by atoms with Crippen molar-refractivity contribution in [1.82, 2.24) is 24.8 Å². The number of amides is 1. The molecule has 1 saturated heterocycles. The van der Waals surface area contributed by atoms with Crippen molar-refractivity contribution in [2.75, 3.05) is 39.8 Å². The molecule has 2 aromatic heterocycles. The van der Waals surface area contributed by atoms with E-state index in [4.69, 9.17) is 9.72 Å². The number of aromatic nitrogens is 3. The standard InChI is InChI=1S/C33H37N5O3/c1-33(2)20-23(15-30(33)39)21-41-27-6-8-34-29(19-27)28-7-9-35-31(36-28)16-22-4-5-24-17-26(18-25(24)14-22)32(40)38-12-10-37(3)11-13-38/h4-9,14,18-19,23H,10-13,15-17,20-21H2,1-3H3. The van der Waals surface area contributed by atoms with Crippen LogP contribution in [0.2, 0.25) is 0 Å². The lowest BCUT2D eigenvalue weighted by atomic mass is 9.90. The molecular formula is C33H37N5O3. The summed E-state index contributed by atoms with van der Waals surface area (Å²) >= 11 is 0. The third kappa shape index (κ3) is 6.07. The van der Waals surface area contributed by atoms with E-state index < -0.39 is 0 Å². The highest BCUT2D eigenvalue weighted by atomic mass is 16.5. The van der Waals surface area contributed by atoms with E-state index in [0.717, 1.165) is 66.4 Å². The molecule has 41 heavy (non-hydrogen) atoms. The Morgan fingerprint density at radius 2 is 1.83 bits per heavy atom. The number of rotatable bonds is 7. The molecule has 0 spiro atoms. The van der Waals surface area contributed by atoms with E-state index in [1.54, 1.807) is 12.4 Å². The molecule has 2 fully saturated rings. The molecule has 1 saturated carbocycles. The average molecular weight is 552 g/mol. The van der Waals surface area contributed by atoms with Gasteiger partial charge in [-0.25, -0.2) is 9.97 Å². The van der Waals surface area contributed by atoms with E-state index in [9.17, 15) is 9.59 Å². The van der Waals surface area contributed by atoms with Crippen LogP contribution in [0.15, 0.2) is 54.4 Å². The highest BCUT2D eigenvalue weighted by Gasteiger charge is 2.39. The third-order valence-corrected chi connectivity index (χ3v) is 8.56. The van der Waals surface area contributed by atoms with E-state index in [2.05, 4.69) is 46.2 Å². The Morgan fingerprint density at radius 3 is 2.61 bits per heavy atom. The molecule has 8 nitrogen and oxygen atoms in total. The van der Waals surface area contributed by atoms with Gasteiger partial charge in [-0.05, 0) is 48.4 Å². The molecule has 212 valence electrons. The van der Waals surface area contributed by atoms with E-state index in [-0.39, 0.29) is 17.2 Å². The fourth-order valence-electron chi connectivity index (χ4n) is 6.07. The molecule has 2 aliphatic carbocycles. The largest absolute Gasteiger partial charge is 0.493 e. The van der Waals surface area contributed by atoms with Gasteiger partial charge in [-0.15, -0.1) is 0 Å². The number of ketones is 1. The number of Topliss-reactive ketones (excluding diaryl/α,β-unsaturated/α-hetero) is 1. The second-order valence-electron chi connectivity index (χ2n) is 12.3. The lowest BCUT2D eigenvalue weighted by Gasteiger charge is -2.32. The number of piperazine rings is 1. The van der Waals surface area contributed by atoms with Crippen LogP contribution in [0.4, 0.5) is 0 Å². The van der Waals surface area contributed by atoms with Crippen molar-refractivity contribution in [3.8, 4) is 17.1 Å². The second kappa shape index (κ2) is 11.2. The van der Waals surface area contributed by atoms with Gasteiger partial charge < -0.3 is 14.5 Å². The fraction of sp³-hybridized carbons (Fsp3) is 0.424. The number of carbonyl (C=O) groups is 2. The molecule has 0 bridgehead atoms. The number of fused-ring (bicyclic) bond motifs is 1. The summed E-state index contributed by atoms with van der Waals surface area (Å²) < 4.78 is 6.06. The van der Waals surface area contributed by atoms with Crippen LogP contribution in [-0.4, -0.2) is 76.3 Å². The van der Waals surface area contributed by atoms with Gasteiger partial charge in [0.25, 0.3) is 0 Å². The van der Waals surface area contributed by atoms with E-state index in [1.807, 2.05) is 36.9 Å². The number of ether oxygens (including phenoxy) is 1. The van der Waals surface area contributed by atoms with Gasteiger partial charge >= 0.3 is 0 Å². The maximum Gasteiger partial charge on any atom is 0.250 e. The Balaban J connectivity index is 1.11. The lowest BCUT2D eigenvalue weighted by molar-refractivity contribution is -0.128. The van der Waals surface area contributed by atoms with Crippen LogP contribution >= 0.6 is 0 Å². The summed E-state index contributed by atoms with van der Waals surface area (Å²) in [6, 6.07) is 12.0. The third-order valence-electron chi connectivity index (χ3n) is 8.56. The van der Waals surface area contributed by atoms with Crippen molar-refractivity contribution >= 4 is 17.8 Å². The van der Waals surface area contributed by atoms with Crippen LogP contribution in [0.3, 0.4) is 0 Å².